The Bertz CT molecular complexity index is 559. The van der Waals surface area contributed by atoms with Crippen LogP contribution in [0.5, 0.6) is 0 Å². The number of nitrogens with zero attached hydrogens (tertiary/aromatic N) is 1. The van der Waals surface area contributed by atoms with Gasteiger partial charge in [-0.3, -0.25) is 9.69 Å². The van der Waals surface area contributed by atoms with E-state index in [1.54, 1.807) is 0 Å². The Kier molecular flexibility index (Phi) is 9.39. The Labute approximate surface area is 170 Å². The molecule has 0 bridgehead atoms. The molecule has 6 heteroatoms. The van der Waals surface area contributed by atoms with Crippen LogP contribution in [0.15, 0.2) is 24.3 Å². The highest BCUT2D eigenvalue weighted by Crippen LogP contribution is 2.27. The predicted octanol–water partition coefficient (Wildman–Crippen LogP) is 4.36. The van der Waals surface area contributed by atoms with Gasteiger partial charge in [-0.1, -0.05) is 38.3 Å². The maximum atomic E-state index is 12.5. The highest BCUT2D eigenvalue weighted by Gasteiger charge is 2.35. The van der Waals surface area contributed by atoms with Crippen molar-refractivity contribution in [3.05, 3.63) is 29.8 Å². The maximum absolute atomic E-state index is 12.5. The largest absolute Gasteiger partial charge is 0.324 e. The van der Waals surface area contributed by atoms with Crippen molar-refractivity contribution in [3.63, 3.8) is 0 Å². The number of anilines is 1. The highest BCUT2D eigenvalue weighted by atomic mass is 35.5. The van der Waals surface area contributed by atoms with Gasteiger partial charge in [0, 0.05) is 18.8 Å². The summed E-state index contributed by atoms with van der Waals surface area (Å²) in [5.41, 5.74) is 7.78. The fourth-order valence-electron chi connectivity index (χ4n) is 4.05. The van der Waals surface area contributed by atoms with E-state index >= 15 is 0 Å². The molecule has 1 saturated heterocycles. The minimum atomic E-state index is -0.680. The lowest BCUT2D eigenvalue weighted by atomic mass is 9.82. The second-order valence-electron chi connectivity index (χ2n) is 7.85. The number of carbonyl (C=O) groups excluding carboxylic acids is 1. The molecule has 4 nitrogen and oxygen atoms in total. The van der Waals surface area contributed by atoms with Gasteiger partial charge in [0.2, 0.25) is 5.91 Å². The SMILES string of the molecule is CC1CCCN(Cc2ccc(NC(=O)C3(N)CCCCC3)cc2)C1.Cl.Cl. The highest BCUT2D eigenvalue weighted by molar-refractivity contribution is 5.98. The third-order valence-electron chi connectivity index (χ3n) is 5.56. The number of likely N-dealkylation sites (tertiary alicyclic amines) is 1. The van der Waals surface area contributed by atoms with Crippen molar-refractivity contribution in [2.45, 2.75) is 64.0 Å². The first kappa shape index (κ1) is 23.2. The normalized spacial score (nSPS) is 22.6. The fraction of sp³-hybridized carbons (Fsp3) is 0.650. The standard InChI is InChI=1S/C20H31N3O.2ClH/c1-16-6-5-13-23(14-16)15-17-7-9-18(10-8-17)22-19(24)20(21)11-3-2-4-12-20;;/h7-10,16H,2-6,11-15,21H2,1H3,(H,22,24);2*1H. The Morgan fingerprint density at radius 2 is 1.81 bits per heavy atom. The van der Waals surface area contributed by atoms with E-state index < -0.39 is 5.54 Å². The molecule has 0 radical (unpaired) electrons. The van der Waals surface area contributed by atoms with Gasteiger partial charge in [0.15, 0.2) is 0 Å². The van der Waals surface area contributed by atoms with Crippen LogP contribution in [0.3, 0.4) is 0 Å². The van der Waals surface area contributed by atoms with Crippen LogP contribution in [0.1, 0.15) is 57.4 Å². The lowest BCUT2D eigenvalue weighted by Crippen LogP contribution is -2.52. The average Bonchev–Trinajstić information content (AvgIpc) is 2.57. The molecule has 2 aliphatic rings. The van der Waals surface area contributed by atoms with E-state index in [0.717, 1.165) is 43.8 Å². The smallest absolute Gasteiger partial charge is 0.244 e. The summed E-state index contributed by atoms with van der Waals surface area (Å²) in [7, 11) is 0. The topological polar surface area (TPSA) is 58.4 Å². The summed E-state index contributed by atoms with van der Waals surface area (Å²) in [6.45, 7) is 5.71. The number of amides is 1. The summed E-state index contributed by atoms with van der Waals surface area (Å²) in [6, 6.07) is 8.26. The monoisotopic (exact) mass is 401 g/mol. The molecule has 1 saturated carbocycles. The zero-order valence-corrected chi connectivity index (χ0v) is 17.3. The van der Waals surface area contributed by atoms with Crippen LogP contribution < -0.4 is 11.1 Å². The van der Waals surface area contributed by atoms with E-state index in [-0.39, 0.29) is 30.7 Å². The van der Waals surface area contributed by atoms with Crippen LogP contribution in [0, 0.1) is 5.92 Å². The predicted molar refractivity (Wildman–Crippen MR) is 113 cm³/mol. The lowest BCUT2D eigenvalue weighted by Gasteiger charge is -2.32. The minimum Gasteiger partial charge on any atom is -0.324 e. The quantitative estimate of drug-likeness (QED) is 0.787. The Hall–Kier alpha value is -0.810. The number of carbonyl (C=O) groups is 1. The number of hydrogen-bond acceptors (Lipinski definition) is 3. The summed E-state index contributed by atoms with van der Waals surface area (Å²) in [6.07, 6.45) is 7.54. The van der Waals surface area contributed by atoms with E-state index in [0.29, 0.717) is 0 Å². The fourth-order valence-corrected chi connectivity index (χ4v) is 4.05. The average molecular weight is 402 g/mol. The van der Waals surface area contributed by atoms with Gasteiger partial charge in [-0.2, -0.15) is 0 Å². The molecule has 1 atom stereocenters. The summed E-state index contributed by atoms with van der Waals surface area (Å²) in [4.78, 5) is 15.0. The first-order valence-electron chi connectivity index (χ1n) is 9.47. The zero-order chi connectivity index (χ0) is 17.0. The molecule has 2 fully saturated rings. The summed E-state index contributed by atoms with van der Waals surface area (Å²) >= 11 is 0. The molecule has 1 amide bonds. The van der Waals surface area contributed by atoms with Crippen molar-refractivity contribution in [3.8, 4) is 0 Å². The number of benzene rings is 1. The molecule has 0 spiro atoms. The molecule has 3 N–H and O–H groups in total. The molecule has 1 aromatic rings. The Balaban J connectivity index is 0.00000169. The van der Waals surface area contributed by atoms with Gasteiger partial charge in [0.25, 0.3) is 0 Å². The van der Waals surface area contributed by atoms with Gasteiger partial charge < -0.3 is 11.1 Å². The minimum absolute atomic E-state index is 0. The van der Waals surface area contributed by atoms with Crippen LogP contribution in [0.2, 0.25) is 0 Å². The lowest BCUT2D eigenvalue weighted by molar-refractivity contribution is -0.122. The van der Waals surface area contributed by atoms with Crippen LogP contribution in [0.4, 0.5) is 5.69 Å². The van der Waals surface area contributed by atoms with Crippen molar-refractivity contribution < 1.29 is 4.79 Å². The van der Waals surface area contributed by atoms with Crippen molar-refractivity contribution >= 4 is 36.4 Å². The molecular weight excluding hydrogens is 369 g/mol. The number of nitrogens with one attached hydrogen (secondary N) is 1. The molecule has 1 heterocycles. The third-order valence-corrected chi connectivity index (χ3v) is 5.56. The number of nitrogens with two attached hydrogens (primary N) is 1. The summed E-state index contributed by atoms with van der Waals surface area (Å²) < 4.78 is 0. The van der Waals surface area contributed by atoms with E-state index in [1.807, 2.05) is 12.1 Å². The van der Waals surface area contributed by atoms with Crippen molar-refractivity contribution in [2.24, 2.45) is 11.7 Å². The molecular formula is C20H33Cl2N3O. The number of hydrogen-bond donors (Lipinski definition) is 2. The Morgan fingerprint density at radius 1 is 1.15 bits per heavy atom. The first-order valence-corrected chi connectivity index (χ1v) is 9.47. The van der Waals surface area contributed by atoms with Gasteiger partial charge in [-0.05, 0) is 55.8 Å². The molecule has 0 aromatic heterocycles. The zero-order valence-electron chi connectivity index (χ0n) is 15.7. The number of halogens is 2. The van der Waals surface area contributed by atoms with Crippen molar-refractivity contribution in [2.75, 3.05) is 18.4 Å². The number of piperidine rings is 1. The molecule has 3 rings (SSSR count). The van der Waals surface area contributed by atoms with Gasteiger partial charge in [0.1, 0.15) is 0 Å². The molecule has 1 aliphatic heterocycles. The molecule has 1 unspecified atom stereocenters. The molecule has 1 aromatic carbocycles. The van der Waals surface area contributed by atoms with Crippen molar-refractivity contribution in [1.29, 1.82) is 0 Å². The molecule has 26 heavy (non-hydrogen) atoms. The summed E-state index contributed by atoms with van der Waals surface area (Å²) in [5.74, 6) is 0.772. The van der Waals surface area contributed by atoms with E-state index in [4.69, 9.17) is 5.73 Å². The third kappa shape index (κ3) is 6.12. The first-order chi connectivity index (χ1) is 11.5. The number of rotatable bonds is 4. The van der Waals surface area contributed by atoms with E-state index in [1.165, 1.54) is 37.9 Å². The van der Waals surface area contributed by atoms with Crippen LogP contribution in [-0.4, -0.2) is 29.4 Å². The Morgan fingerprint density at radius 3 is 2.42 bits per heavy atom. The van der Waals surface area contributed by atoms with Crippen LogP contribution in [-0.2, 0) is 11.3 Å². The van der Waals surface area contributed by atoms with E-state index in [2.05, 4.69) is 29.3 Å². The second kappa shape index (κ2) is 10.5. The molecule has 148 valence electrons. The maximum Gasteiger partial charge on any atom is 0.244 e. The van der Waals surface area contributed by atoms with Crippen LogP contribution in [0.25, 0.3) is 0 Å². The van der Waals surface area contributed by atoms with E-state index in [9.17, 15) is 4.79 Å². The van der Waals surface area contributed by atoms with Gasteiger partial charge in [-0.25, -0.2) is 0 Å². The van der Waals surface area contributed by atoms with Gasteiger partial charge in [-0.15, -0.1) is 24.8 Å². The summed E-state index contributed by atoms with van der Waals surface area (Å²) in [5, 5.41) is 3.01. The molecule has 1 aliphatic carbocycles. The second-order valence-corrected chi connectivity index (χ2v) is 7.85. The van der Waals surface area contributed by atoms with Gasteiger partial charge in [0.05, 0.1) is 5.54 Å². The van der Waals surface area contributed by atoms with Crippen LogP contribution >= 0.6 is 24.8 Å². The van der Waals surface area contributed by atoms with Crippen molar-refractivity contribution in [1.82, 2.24) is 4.90 Å². The van der Waals surface area contributed by atoms with Gasteiger partial charge >= 0.3 is 0 Å².